The lowest BCUT2D eigenvalue weighted by atomic mass is 9.95. The number of carbonyl (C=O) groups excluding carboxylic acids is 1. The first-order valence-corrected chi connectivity index (χ1v) is 9.14. The van der Waals surface area contributed by atoms with Gasteiger partial charge in [-0.1, -0.05) is 19.3 Å². The van der Waals surface area contributed by atoms with E-state index in [4.69, 9.17) is 0 Å². The van der Waals surface area contributed by atoms with Crippen LogP contribution in [0.3, 0.4) is 0 Å². The molecule has 0 bridgehead atoms. The second-order valence-corrected chi connectivity index (χ2v) is 7.14. The van der Waals surface area contributed by atoms with Crippen molar-refractivity contribution in [3.05, 3.63) is 16.6 Å². The molecule has 1 N–H and O–H groups in total. The Hall–Kier alpha value is -0.940. The molecule has 1 aromatic rings. The van der Waals surface area contributed by atoms with E-state index in [9.17, 15) is 4.79 Å². The van der Waals surface area contributed by atoms with Crippen LogP contribution >= 0.6 is 11.3 Å². The number of nitrogens with zero attached hydrogens (tertiary/aromatic N) is 2. The summed E-state index contributed by atoms with van der Waals surface area (Å²) in [5.41, 5.74) is 0. The Labute approximate surface area is 130 Å². The van der Waals surface area contributed by atoms with Crippen molar-refractivity contribution in [1.29, 1.82) is 0 Å². The summed E-state index contributed by atoms with van der Waals surface area (Å²) in [7, 11) is 0. The fourth-order valence-electron chi connectivity index (χ4n) is 3.56. The van der Waals surface area contributed by atoms with Crippen LogP contribution in [0, 0.1) is 0 Å². The van der Waals surface area contributed by atoms with Crippen molar-refractivity contribution in [2.45, 2.75) is 63.5 Å². The van der Waals surface area contributed by atoms with Gasteiger partial charge < -0.3 is 5.32 Å². The summed E-state index contributed by atoms with van der Waals surface area (Å²) >= 11 is 1.73. The Balaban J connectivity index is 1.44. The third kappa shape index (κ3) is 4.04. The highest BCUT2D eigenvalue weighted by molar-refractivity contribution is 7.09. The molecule has 0 spiro atoms. The van der Waals surface area contributed by atoms with Gasteiger partial charge in [-0.2, -0.15) is 0 Å². The number of nitrogens with one attached hydrogen (secondary N) is 1. The molecule has 1 aliphatic heterocycles. The molecule has 5 heteroatoms. The van der Waals surface area contributed by atoms with Crippen LogP contribution < -0.4 is 5.32 Å². The lowest BCUT2D eigenvalue weighted by Gasteiger charge is -2.25. The molecular weight excluding hydrogens is 282 g/mol. The maximum Gasteiger partial charge on any atom is 0.221 e. The van der Waals surface area contributed by atoms with E-state index in [0.29, 0.717) is 18.5 Å². The number of aromatic nitrogens is 1. The fraction of sp³-hybridized carbons (Fsp3) is 0.750. The topological polar surface area (TPSA) is 45.2 Å². The summed E-state index contributed by atoms with van der Waals surface area (Å²) in [6.07, 6.45) is 11.1. The van der Waals surface area contributed by atoms with Crippen LogP contribution in [-0.2, 0) is 4.79 Å². The zero-order chi connectivity index (χ0) is 14.5. The van der Waals surface area contributed by atoms with E-state index >= 15 is 0 Å². The molecule has 1 saturated heterocycles. The van der Waals surface area contributed by atoms with E-state index in [1.54, 1.807) is 11.3 Å². The first-order chi connectivity index (χ1) is 10.3. The van der Waals surface area contributed by atoms with Crippen molar-refractivity contribution in [1.82, 2.24) is 15.2 Å². The standard InChI is InChI=1S/C16H25N3OS/c20-15(18-13-5-2-1-3-6-13)8-11-19-10-4-7-14(19)16-17-9-12-21-16/h9,12-14H,1-8,10-11H2,(H,18,20). The summed E-state index contributed by atoms with van der Waals surface area (Å²) in [6, 6.07) is 0.868. The molecule has 0 aromatic carbocycles. The van der Waals surface area contributed by atoms with Crippen molar-refractivity contribution in [2.24, 2.45) is 0 Å². The molecule has 0 radical (unpaired) electrons. The van der Waals surface area contributed by atoms with E-state index in [0.717, 1.165) is 25.9 Å². The summed E-state index contributed by atoms with van der Waals surface area (Å²) in [4.78, 5) is 19.0. The first-order valence-electron chi connectivity index (χ1n) is 8.26. The normalized spacial score (nSPS) is 24.3. The van der Waals surface area contributed by atoms with Crippen LogP contribution in [0.5, 0.6) is 0 Å². The van der Waals surface area contributed by atoms with Crippen LogP contribution in [0.15, 0.2) is 11.6 Å². The Morgan fingerprint density at radius 1 is 1.29 bits per heavy atom. The van der Waals surface area contributed by atoms with Gasteiger partial charge in [0, 0.05) is 30.6 Å². The Morgan fingerprint density at radius 3 is 2.90 bits per heavy atom. The van der Waals surface area contributed by atoms with Crippen molar-refractivity contribution >= 4 is 17.2 Å². The van der Waals surface area contributed by atoms with Crippen LogP contribution in [0.2, 0.25) is 0 Å². The number of thiazole rings is 1. The highest BCUT2D eigenvalue weighted by Gasteiger charge is 2.28. The van der Waals surface area contributed by atoms with Gasteiger partial charge in [0.1, 0.15) is 5.01 Å². The Bertz CT molecular complexity index is 442. The molecule has 2 aliphatic rings. The summed E-state index contributed by atoms with van der Waals surface area (Å²) in [6.45, 7) is 1.96. The van der Waals surface area contributed by atoms with E-state index in [-0.39, 0.29) is 5.91 Å². The number of likely N-dealkylation sites (tertiary alicyclic amines) is 1. The number of amides is 1. The fourth-order valence-corrected chi connectivity index (χ4v) is 4.37. The van der Waals surface area contributed by atoms with Gasteiger partial charge in [-0.25, -0.2) is 4.98 Å². The molecule has 1 aliphatic carbocycles. The zero-order valence-corrected chi connectivity index (χ0v) is 13.4. The molecule has 2 heterocycles. The first kappa shape index (κ1) is 15.0. The van der Waals surface area contributed by atoms with E-state index in [1.165, 1.54) is 37.1 Å². The van der Waals surface area contributed by atoms with Crippen molar-refractivity contribution < 1.29 is 4.79 Å². The van der Waals surface area contributed by atoms with Gasteiger partial charge in [-0.05, 0) is 32.2 Å². The van der Waals surface area contributed by atoms with Gasteiger partial charge in [0.2, 0.25) is 5.91 Å². The summed E-state index contributed by atoms with van der Waals surface area (Å²) in [5.74, 6) is 0.228. The third-order valence-corrected chi connectivity index (χ3v) is 5.57. The molecular formula is C16H25N3OS. The molecule has 1 saturated carbocycles. The smallest absolute Gasteiger partial charge is 0.221 e. The number of rotatable bonds is 5. The van der Waals surface area contributed by atoms with Crippen molar-refractivity contribution in [3.63, 3.8) is 0 Å². The highest BCUT2D eigenvalue weighted by atomic mass is 32.1. The second kappa shape index (κ2) is 7.36. The number of hydrogen-bond acceptors (Lipinski definition) is 4. The average molecular weight is 307 g/mol. The van der Waals surface area contributed by atoms with Gasteiger partial charge in [-0.3, -0.25) is 9.69 Å². The second-order valence-electron chi connectivity index (χ2n) is 6.22. The average Bonchev–Trinajstić information content (AvgIpc) is 3.17. The molecule has 4 nitrogen and oxygen atoms in total. The van der Waals surface area contributed by atoms with Gasteiger partial charge in [-0.15, -0.1) is 11.3 Å². The van der Waals surface area contributed by atoms with Crippen molar-refractivity contribution in [2.75, 3.05) is 13.1 Å². The maximum absolute atomic E-state index is 12.1. The molecule has 116 valence electrons. The molecule has 1 aromatic heterocycles. The third-order valence-electron chi connectivity index (χ3n) is 4.70. The molecule has 2 fully saturated rings. The highest BCUT2D eigenvalue weighted by Crippen LogP contribution is 2.32. The minimum absolute atomic E-state index is 0.228. The van der Waals surface area contributed by atoms with Crippen LogP contribution in [0.4, 0.5) is 0 Å². The quantitative estimate of drug-likeness (QED) is 0.909. The number of carbonyl (C=O) groups is 1. The lowest BCUT2D eigenvalue weighted by Crippen LogP contribution is -2.38. The van der Waals surface area contributed by atoms with E-state index in [1.807, 2.05) is 11.6 Å². The summed E-state index contributed by atoms with van der Waals surface area (Å²) in [5, 5.41) is 6.47. The zero-order valence-electron chi connectivity index (χ0n) is 12.6. The molecule has 1 atom stereocenters. The summed E-state index contributed by atoms with van der Waals surface area (Å²) < 4.78 is 0. The largest absolute Gasteiger partial charge is 0.353 e. The monoisotopic (exact) mass is 307 g/mol. The Kier molecular flexibility index (Phi) is 5.25. The van der Waals surface area contributed by atoms with Crippen LogP contribution in [0.1, 0.15) is 62.4 Å². The SMILES string of the molecule is O=C(CCN1CCCC1c1nccs1)NC1CCCCC1. The predicted octanol–water partition coefficient (Wildman–Crippen LogP) is 3.12. The maximum atomic E-state index is 12.1. The van der Waals surface area contributed by atoms with Gasteiger partial charge in [0.15, 0.2) is 0 Å². The van der Waals surface area contributed by atoms with E-state index < -0.39 is 0 Å². The number of hydrogen-bond donors (Lipinski definition) is 1. The van der Waals surface area contributed by atoms with Crippen molar-refractivity contribution in [3.8, 4) is 0 Å². The minimum atomic E-state index is 0.228. The van der Waals surface area contributed by atoms with Crippen LogP contribution in [0.25, 0.3) is 0 Å². The lowest BCUT2D eigenvalue weighted by molar-refractivity contribution is -0.122. The molecule has 21 heavy (non-hydrogen) atoms. The van der Waals surface area contributed by atoms with Gasteiger partial charge in [0.25, 0.3) is 0 Å². The molecule has 1 unspecified atom stereocenters. The van der Waals surface area contributed by atoms with Gasteiger partial charge >= 0.3 is 0 Å². The van der Waals surface area contributed by atoms with Gasteiger partial charge in [0.05, 0.1) is 6.04 Å². The van der Waals surface area contributed by atoms with Crippen LogP contribution in [-0.4, -0.2) is 34.9 Å². The van der Waals surface area contributed by atoms with E-state index in [2.05, 4.69) is 15.2 Å². The Morgan fingerprint density at radius 2 is 2.14 bits per heavy atom. The molecule has 3 rings (SSSR count). The predicted molar refractivity (Wildman–Crippen MR) is 85.3 cm³/mol. The minimum Gasteiger partial charge on any atom is -0.353 e. The molecule has 1 amide bonds.